The van der Waals surface area contributed by atoms with Crippen LogP contribution in [0.5, 0.6) is 5.75 Å². The first-order valence-electron chi connectivity index (χ1n) is 5.20. The molecular weight excluding hydrogens is 274 g/mol. The molecule has 2 rings (SSSR count). The van der Waals surface area contributed by atoms with Crippen molar-refractivity contribution in [3.8, 4) is 5.75 Å². The minimum atomic E-state index is -3.82. The van der Waals surface area contributed by atoms with Crippen LogP contribution in [0.25, 0.3) is 10.9 Å². The van der Waals surface area contributed by atoms with Crippen molar-refractivity contribution >= 4 is 30.6 Å². The van der Waals surface area contributed by atoms with Gasteiger partial charge in [0.1, 0.15) is 10.6 Å². The van der Waals surface area contributed by atoms with Crippen molar-refractivity contribution in [2.75, 3.05) is 7.11 Å². The lowest BCUT2D eigenvalue weighted by atomic mass is 10.2. The van der Waals surface area contributed by atoms with E-state index in [0.717, 1.165) is 5.52 Å². The molecule has 2 aromatic rings. The van der Waals surface area contributed by atoms with Crippen LogP contribution in [0.2, 0.25) is 0 Å². The van der Waals surface area contributed by atoms with Gasteiger partial charge in [-0.2, -0.15) is 0 Å². The van der Waals surface area contributed by atoms with Gasteiger partial charge in [-0.1, -0.05) is 12.1 Å². The second-order valence-electron chi connectivity index (χ2n) is 3.73. The molecule has 0 aliphatic heterocycles. The molecule has 0 bridgehead atoms. The summed E-state index contributed by atoms with van der Waals surface area (Å²) in [6, 6.07) is 5.31. The van der Waals surface area contributed by atoms with Gasteiger partial charge in [0.2, 0.25) is 0 Å². The van der Waals surface area contributed by atoms with Gasteiger partial charge in [-0.05, 0) is 12.1 Å². The van der Waals surface area contributed by atoms with Crippen LogP contribution in [0, 0.1) is 0 Å². The van der Waals surface area contributed by atoms with Crippen LogP contribution in [-0.4, -0.2) is 20.1 Å². The van der Waals surface area contributed by atoms with Crippen molar-refractivity contribution in [1.82, 2.24) is 4.57 Å². The molecule has 0 saturated carbocycles. The molecule has 96 valence electrons. The Labute approximate surface area is 110 Å². The number of rotatable bonds is 4. The van der Waals surface area contributed by atoms with E-state index in [1.54, 1.807) is 22.8 Å². The van der Waals surface area contributed by atoms with Gasteiger partial charge in [0.15, 0.2) is 0 Å². The van der Waals surface area contributed by atoms with E-state index in [-0.39, 0.29) is 4.90 Å². The summed E-state index contributed by atoms with van der Waals surface area (Å²) in [5.41, 5.74) is 0.744. The number of halogens is 1. The van der Waals surface area contributed by atoms with Crippen LogP contribution in [0.4, 0.5) is 0 Å². The highest BCUT2D eigenvalue weighted by Crippen LogP contribution is 2.34. The first kappa shape index (κ1) is 13.0. The average Bonchev–Trinajstić information content (AvgIpc) is 2.68. The Hall–Kier alpha value is -1.46. The number of benzene rings is 1. The molecule has 6 heteroatoms. The number of fused-ring (bicyclic) bond motifs is 1. The summed E-state index contributed by atoms with van der Waals surface area (Å²) in [5.74, 6) is 0.481. The maximum absolute atomic E-state index is 11.6. The quantitative estimate of drug-likeness (QED) is 0.641. The summed E-state index contributed by atoms with van der Waals surface area (Å²) in [6.07, 6.45) is 3.18. The highest BCUT2D eigenvalue weighted by atomic mass is 35.7. The fourth-order valence-electron chi connectivity index (χ4n) is 1.93. The van der Waals surface area contributed by atoms with Gasteiger partial charge in [-0.3, -0.25) is 0 Å². The number of hydrogen-bond acceptors (Lipinski definition) is 3. The topological polar surface area (TPSA) is 48.3 Å². The summed E-state index contributed by atoms with van der Waals surface area (Å²) in [4.78, 5) is 0.0541. The Kier molecular flexibility index (Phi) is 3.36. The van der Waals surface area contributed by atoms with Crippen LogP contribution >= 0.6 is 10.7 Å². The second-order valence-corrected chi connectivity index (χ2v) is 6.26. The summed E-state index contributed by atoms with van der Waals surface area (Å²) >= 11 is 0. The fourth-order valence-corrected chi connectivity index (χ4v) is 2.98. The molecule has 4 nitrogen and oxygen atoms in total. The Morgan fingerprint density at radius 2 is 2.22 bits per heavy atom. The molecule has 0 spiro atoms. The number of nitrogens with zero attached hydrogens (tertiary/aromatic N) is 1. The average molecular weight is 286 g/mol. The molecule has 0 radical (unpaired) electrons. The molecular formula is C12H12ClNO3S. The largest absolute Gasteiger partial charge is 0.496 e. The van der Waals surface area contributed by atoms with Gasteiger partial charge >= 0.3 is 0 Å². The zero-order valence-electron chi connectivity index (χ0n) is 9.76. The van der Waals surface area contributed by atoms with E-state index in [4.69, 9.17) is 15.4 Å². The molecule has 1 aromatic carbocycles. The van der Waals surface area contributed by atoms with Crippen molar-refractivity contribution < 1.29 is 13.2 Å². The number of hydrogen-bond donors (Lipinski definition) is 0. The minimum Gasteiger partial charge on any atom is -0.496 e. The summed E-state index contributed by atoms with van der Waals surface area (Å²) in [7, 11) is 3.13. The van der Waals surface area contributed by atoms with Crippen molar-refractivity contribution in [3.05, 3.63) is 37.1 Å². The van der Waals surface area contributed by atoms with Crippen molar-refractivity contribution in [1.29, 1.82) is 0 Å². The third-order valence-corrected chi connectivity index (χ3v) is 3.98. The van der Waals surface area contributed by atoms with Gasteiger partial charge in [0.05, 0.1) is 18.0 Å². The van der Waals surface area contributed by atoms with E-state index >= 15 is 0 Å². The first-order valence-corrected chi connectivity index (χ1v) is 7.51. The lowest BCUT2D eigenvalue weighted by molar-refractivity contribution is 0.419. The molecule has 0 saturated heterocycles. The Balaban J connectivity index is 2.90. The maximum Gasteiger partial charge on any atom is 0.263 e. The number of allylic oxidation sites excluding steroid dienone is 1. The summed E-state index contributed by atoms with van der Waals surface area (Å²) in [5, 5.41) is 0.497. The Bertz CT molecular complexity index is 703. The minimum absolute atomic E-state index is 0.0541. The SMILES string of the molecule is C=CCn1cc(S(=O)(=O)Cl)c2c(OC)cccc21. The van der Waals surface area contributed by atoms with Crippen LogP contribution in [0.3, 0.4) is 0 Å². The smallest absolute Gasteiger partial charge is 0.263 e. The predicted octanol–water partition coefficient (Wildman–Crippen LogP) is 2.76. The van der Waals surface area contributed by atoms with Gasteiger partial charge in [-0.25, -0.2) is 8.42 Å². The van der Waals surface area contributed by atoms with E-state index in [0.29, 0.717) is 17.7 Å². The van der Waals surface area contributed by atoms with E-state index in [2.05, 4.69) is 6.58 Å². The fraction of sp³-hybridized carbons (Fsp3) is 0.167. The van der Waals surface area contributed by atoms with Crippen molar-refractivity contribution in [3.63, 3.8) is 0 Å². The molecule has 0 aliphatic rings. The maximum atomic E-state index is 11.6. The molecule has 1 heterocycles. The van der Waals surface area contributed by atoms with E-state index in [9.17, 15) is 8.42 Å². The van der Waals surface area contributed by atoms with Crippen molar-refractivity contribution in [2.45, 2.75) is 11.4 Å². The summed E-state index contributed by atoms with van der Waals surface area (Å²) < 4.78 is 30.2. The molecule has 0 unspecified atom stereocenters. The van der Waals surface area contributed by atoms with E-state index in [1.165, 1.54) is 13.3 Å². The zero-order valence-corrected chi connectivity index (χ0v) is 11.3. The van der Waals surface area contributed by atoms with E-state index < -0.39 is 9.05 Å². The van der Waals surface area contributed by atoms with Crippen molar-refractivity contribution in [2.24, 2.45) is 0 Å². The number of aromatic nitrogens is 1. The van der Waals surface area contributed by atoms with Gasteiger partial charge in [-0.15, -0.1) is 6.58 Å². The first-order chi connectivity index (χ1) is 8.49. The molecule has 0 fully saturated rings. The molecule has 0 N–H and O–H groups in total. The third kappa shape index (κ3) is 2.11. The normalized spacial score (nSPS) is 11.7. The molecule has 0 amide bonds. The van der Waals surface area contributed by atoms with E-state index in [1.807, 2.05) is 6.07 Å². The number of methoxy groups -OCH3 is 1. The zero-order chi connectivity index (χ0) is 13.3. The lowest BCUT2D eigenvalue weighted by Gasteiger charge is -2.04. The van der Waals surface area contributed by atoms with Crippen LogP contribution < -0.4 is 4.74 Å². The Morgan fingerprint density at radius 1 is 1.50 bits per heavy atom. The lowest BCUT2D eigenvalue weighted by Crippen LogP contribution is -1.92. The van der Waals surface area contributed by atoms with Gasteiger partial charge in [0.25, 0.3) is 9.05 Å². The monoisotopic (exact) mass is 285 g/mol. The summed E-state index contributed by atoms with van der Waals surface area (Å²) in [6.45, 7) is 4.14. The molecule has 18 heavy (non-hydrogen) atoms. The standard InChI is InChI=1S/C12H12ClNO3S/c1-3-7-14-8-11(18(13,15)16)12-9(14)5-4-6-10(12)17-2/h3-6,8H,1,7H2,2H3. The third-order valence-electron chi connectivity index (χ3n) is 2.64. The second kappa shape index (κ2) is 4.66. The molecule has 0 aliphatic carbocycles. The van der Waals surface area contributed by atoms with Crippen LogP contribution in [0.1, 0.15) is 0 Å². The highest BCUT2D eigenvalue weighted by Gasteiger charge is 2.21. The molecule has 0 atom stereocenters. The highest BCUT2D eigenvalue weighted by molar-refractivity contribution is 8.14. The van der Waals surface area contributed by atoms with Crippen LogP contribution in [0.15, 0.2) is 41.9 Å². The number of ether oxygens (including phenoxy) is 1. The van der Waals surface area contributed by atoms with Gasteiger partial charge < -0.3 is 9.30 Å². The van der Waals surface area contributed by atoms with Gasteiger partial charge in [0, 0.05) is 23.4 Å². The van der Waals surface area contributed by atoms with Crippen LogP contribution in [-0.2, 0) is 15.6 Å². The Morgan fingerprint density at radius 3 is 2.78 bits per heavy atom. The molecule has 1 aromatic heterocycles. The predicted molar refractivity (Wildman–Crippen MR) is 71.7 cm³/mol.